The molecular formula is C13H27NO4Si. The smallest absolute Gasteiger partial charge is 0.321 e. The number of epoxide rings is 2. The van der Waals surface area contributed by atoms with E-state index in [4.69, 9.17) is 18.3 Å². The van der Waals surface area contributed by atoms with E-state index in [1.54, 1.807) is 0 Å². The van der Waals surface area contributed by atoms with Crippen molar-refractivity contribution in [2.75, 3.05) is 46.1 Å². The molecule has 0 bridgehead atoms. The van der Waals surface area contributed by atoms with Gasteiger partial charge in [0.2, 0.25) is 0 Å². The van der Waals surface area contributed by atoms with Crippen LogP contribution in [0, 0.1) is 0 Å². The average Bonchev–Trinajstić information content (AvgIpc) is 3.25. The highest BCUT2D eigenvalue weighted by atomic mass is 28.3. The van der Waals surface area contributed by atoms with E-state index in [2.05, 4.69) is 4.90 Å². The lowest BCUT2D eigenvalue weighted by Gasteiger charge is -2.21. The summed E-state index contributed by atoms with van der Waals surface area (Å²) in [5.41, 5.74) is 0. The zero-order chi connectivity index (χ0) is 13.5. The Morgan fingerprint density at radius 1 is 1.05 bits per heavy atom. The van der Waals surface area contributed by atoms with Crippen molar-refractivity contribution in [2.24, 2.45) is 0 Å². The van der Waals surface area contributed by atoms with Crippen molar-refractivity contribution >= 4 is 9.28 Å². The predicted octanol–water partition coefficient (Wildman–Crippen LogP) is 0.770. The summed E-state index contributed by atoms with van der Waals surface area (Å²) in [6.45, 7) is 10.7. The molecule has 2 saturated heterocycles. The van der Waals surface area contributed by atoms with Crippen molar-refractivity contribution in [3.8, 4) is 0 Å². The van der Waals surface area contributed by atoms with Crippen LogP contribution in [0.25, 0.3) is 0 Å². The molecule has 2 atom stereocenters. The maximum atomic E-state index is 5.70. The second kappa shape index (κ2) is 8.34. The lowest BCUT2D eigenvalue weighted by Crippen LogP contribution is -2.33. The Morgan fingerprint density at radius 2 is 1.58 bits per heavy atom. The van der Waals surface area contributed by atoms with Crippen LogP contribution in [0.5, 0.6) is 0 Å². The van der Waals surface area contributed by atoms with Crippen molar-refractivity contribution < 1.29 is 18.3 Å². The normalized spacial score (nSPS) is 25.3. The molecule has 0 saturated carbocycles. The van der Waals surface area contributed by atoms with Gasteiger partial charge in [0.15, 0.2) is 0 Å². The van der Waals surface area contributed by atoms with Crippen LogP contribution in [0.2, 0.25) is 6.04 Å². The highest BCUT2D eigenvalue weighted by Gasteiger charge is 2.30. The standard InChI is InChI=1S/C13H27NO4Si/c1-3-17-19(18-4-2)7-5-6-14(8-12-10-15-12)9-13-11-16-13/h12-13,19H,3-11H2,1-2H3. The quantitative estimate of drug-likeness (QED) is 0.392. The SMILES string of the molecule is CCO[SiH](CCCN(CC1CO1)CC1CO1)OCC. The molecule has 0 aromatic heterocycles. The molecule has 2 unspecified atom stereocenters. The van der Waals surface area contributed by atoms with E-state index in [9.17, 15) is 0 Å². The van der Waals surface area contributed by atoms with E-state index in [0.29, 0.717) is 12.2 Å². The van der Waals surface area contributed by atoms with Gasteiger partial charge in [0.05, 0.1) is 25.4 Å². The van der Waals surface area contributed by atoms with Crippen molar-refractivity contribution in [1.82, 2.24) is 4.90 Å². The second-order valence-electron chi connectivity index (χ2n) is 5.15. The first-order chi connectivity index (χ1) is 9.31. The molecule has 0 radical (unpaired) electrons. The predicted molar refractivity (Wildman–Crippen MR) is 75.7 cm³/mol. The van der Waals surface area contributed by atoms with E-state index in [1.165, 1.54) is 0 Å². The van der Waals surface area contributed by atoms with Gasteiger partial charge < -0.3 is 18.3 Å². The molecule has 0 aromatic carbocycles. The minimum Gasteiger partial charge on any atom is -0.397 e. The molecule has 0 amide bonds. The molecule has 0 aromatic rings. The van der Waals surface area contributed by atoms with Crippen molar-refractivity contribution in [2.45, 2.75) is 38.5 Å². The summed E-state index contributed by atoms with van der Waals surface area (Å²) in [5, 5.41) is 0. The average molecular weight is 289 g/mol. The molecule has 2 aliphatic rings. The molecule has 6 heteroatoms. The maximum absolute atomic E-state index is 5.70. The summed E-state index contributed by atoms with van der Waals surface area (Å²) >= 11 is 0. The third-order valence-electron chi connectivity index (χ3n) is 3.35. The van der Waals surface area contributed by atoms with Crippen LogP contribution >= 0.6 is 0 Å². The summed E-state index contributed by atoms with van der Waals surface area (Å²) in [6, 6.07) is 1.09. The van der Waals surface area contributed by atoms with Crippen LogP contribution in [0.4, 0.5) is 0 Å². The largest absolute Gasteiger partial charge is 0.397 e. The minimum atomic E-state index is -1.42. The van der Waals surface area contributed by atoms with Gasteiger partial charge in [-0.25, -0.2) is 0 Å². The molecule has 0 N–H and O–H groups in total. The number of hydrogen-bond donors (Lipinski definition) is 0. The van der Waals surface area contributed by atoms with Crippen molar-refractivity contribution in [3.63, 3.8) is 0 Å². The molecule has 5 nitrogen and oxygen atoms in total. The maximum Gasteiger partial charge on any atom is 0.321 e. The van der Waals surface area contributed by atoms with Gasteiger partial charge in [0.25, 0.3) is 0 Å². The summed E-state index contributed by atoms with van der Waals surface area (Å²) < 4.78 is 22.0. The van der Waals surface area contributed by atoms with Crippen LogP contribution in [-0.4, -0.2) is 72.5 Å². The fraction of sp³-hybridized carbons (Fsp3) is 1.00. The number of ether oxygens (including phenoxy) is 2. The Balaban J connectivity index is 1.61. The van der Waals surface area contributed by atoms with Gasteiger partial charge >= 0.3 is 9.28 Å². The molecule has 2 aliphatic heterocycles. The molecule has 19 heavy (non-hydrogen) atoms. The second-order valence-corrected chi connectivity index (χ2v) is 7.26. The first kappa shape index (κ1) is 15.4. The summed E-state index contributed by atoms with van der Waals surface area (Å²) in [5.74, 6) is 0. The fourth-order valence-electron chi connectivity index (χ4n) is 2.25. The van der Waals surface area contributed by atoms with Gasteiger partial charge in [-0.2, -0.15) is 0 Å². The van der Waals surface area contributed by atoms with Crippen LogP contribution in [0.3, 0.4) is 0 Å². The van der Waals surface area contributed by atoms with Gasteiger partial charge in [0, 0.05) is 26.3 Å². The molecule has 0 aliphatic carbocycles. The Labute approximate surface area is 118 Å². The van der Waals surface area contributed by atoms with Crippen LogP contribution in [-0.2, 0) is 18.3 Å². The third kappa shape index (κ3) is 6.83. The molecule has 112 valence electrons. The molecule has 0 spiro atoms. The van der Waals surface area contributed by atoms with E-state index < -0.39 is 9.28 Å². The van der Waals surface area contributed by atoms with Crippen molar-refractivity contribution in [3.05, 3.63) is 0 Å². The summed E-state index contributed by atoms with van der Waals surface area (Å²) in [4.78, 5) is 2.47. The van der Waals surface area contributed by atoms with Gasteiger partial charge in [0.1, 0.15) is 0 Å². The van der Waals surface area contributed by atoms with Crippen molar-refractivity contribution in [1.29, 1.82) is 0 Å². The van der Waals surface area contributed by atoms with E-state index >= 15 is 0 Å². The van der Waals surface area contributed by atoms with Gasteiger partial charge in [-0.05, 0) is 32.9 Å². The number of hydrogen-bond acceptors (Lipinski definition) is 5. The first-order valence-electron chi connectivity index (χ1n) is 7.50. The lowest BCUT2D eigenvalue weighted by molar-refractivity contribution is 0.201. The Bertz CT molecular complexity index is 229. The molecule has 2 rings (SSSR count). The summed E-state index contributed by atoms with van der Waals surface area (Å²) in [7, 11) is -1.42. The zero-order valence-electron chi connectivity index (χ0n) is 12.2. The monoisotopic (exact) mass is 289 g/mol. The number of nitrogens with zero attached hydrogens (tertiary/aromatic N) is 1. The molecular weight excluding hydrogens is 262 g/mol. The highest BCUT2D eigenvalue weighted by molar-refractivity contribution is 6.44. The van der Waals surface area contributed by atoms with Crippen LogP contribution in [0.15, 0.2) is 0 Å². The minimum absolute atomic E-state index is 0.463. The highest BCUT2D eigenvalue weighted by Crippen LogP contribution is 2.16. The van der Waals surface area contributed by atoms with E-state index in [1.807, 2.05) is 13.8 Å². The van der Waals surface area contributed by atoms with E-state index in [0.717, 1.165) is 58.5 Å². The van der Waals surface area contributed by atoms with Gasteiger partial charge in [-0.15, -0.1) is 0 Å². The lowest BCUT2D eigenvalue weighted by atomic mass is 10.3. The Morgan fingerprint density at radius 3 is 2.00 bits per heavy atom. The first-order valence-corrected chi connectivity index (χ1v) is 9.26. The zero-order valence-corrected chi connectivity index (χ0v) is 13.3. The fourth-order valence-corrected chi connectivity index (χ4v) is 3.94. The Kier molecular flexibility index (Phi) is 6.76. The third-order valence-corrected chi connectivity index (χ3v) is 5.64. The molecule has 2 fully saturated rings. The van der Waals surface area contributed by atoms with E-state index in [-0.39, 0.29) is 0 Å². The van der Waals surface area contributed by atoms with Crippen LogP contribution in [0.1, 0.15) is 20.3 Å². The summed E-state index contributed by atoms with van der Waals surface area (Å²) in [6.07, 6.45) is 2.08. The molecule has 2 heterocycles. The van der Waals surface area contributed by atoms with Gasteiger partial charge in [-0.3, -0.25) is 4.90 Å². The topological polar surface area (TPSA) is 46.8 Å². The van der Waals surface area contributed by atoms with Gasteiger partial charge in [-0.1, -0.05) is 0 Å². The number of rotatable bonds is 12. The Hall–Kier alpha value is 0.0169. The van der Waals surface area contributed by atoms with Crippen LogP contribution < -0.4 is 0 Å².